The molecule has 8 nitrogen and oxygen atoms in total. The second-order valence-corrected chi connectivity index (χ2v) is 7.54. The summed E-state index contributed by atoms with van der Waals surface area (Å²) < 4.78 is 7.09. The molecule has 5 rings (SSSR count). The second kappa shape index (κ2) is 9.07. The Morgan fingerprint density at radius 3 is 2.62 bits per heavy atom. The van der Waals surface area contributed by atoms with Crippen molar-refractivity contribution in [3.63, 3.8) is 0 Å². The lowest BCUT2D eigenvalue weighted by atomic mass is 10.1. The lowest BCUT2D eigenvalue weighted by molar-refractivity contribution is 0.102. The topological polar surface area (TPSA) is 83.8 Å². The van der Waals surface area contributed by atoms with Crippen LogP contribution in [0, 0.1) is 0 Å². The third kappa shape index (κ3) is 4.26. The van der Waals surface area contributed by atoms with E-state index in [9.17, 15) is 4.79 Å². The van der Waals surface area contributed by atoms with Crippen molar-refractivity contribution in [2.75, 3.05) is 41.8 Å². The van der Waals surface area contributed by atoms with Gasteiger partial charge in [-0.2, -0.15) is 5.10 Å². The fourth-order valence-electron chi connectivity index (χ4n) is 3.81. The molecule has 0 atom stereocenters. The fraction of sp³-hybridized carbons (Fsp3) is 0.208. The number of carbonyl (C=O) groups excluding carboxylic acids is 1. The summed E-state index contributed by atoms with van der Waals surface area (Å²) in [6, 6.07) is 19.6. The van der Waals surface area contributed by atoms with E-state index in [1.54, 1.807) is 10.7 Å². The van der Waals surface area contributed by atoms with E-state index < -0.39 is 0 Å². The molecule has 2 aromatic heterocycles. The van der Waals surface area contributed by atoms with Gasteiger partial charge in [0.15, 0.2) is 5.65 Å². The van der Waals surface area contributed by atoms with E-state index in [0.717, 1.165) is 32.0 Å². The molecule has 0 unspecified atom stereocenters. The molecule has 1 aliphatic rings. The van der Waals surface area contributed by atoms with Crippen LogP contribution in [0.25, 0.3) is 5.65 Å². The van der Waals surface area contributed by atoms with E-state index in [4.69, 9.17) is 4.74 Å². The fourth-order valence-corrected chi connectivity index (χ4v) is 3.81. The van der Waals surface area contributed by atoms with Gasteiger partial charge in [0.25, 0.3) is 5.91 Å². The maximum Gasteiger partial charge on any atom is 0.261 e. The van der Waals surface area contributed by atoms with Gasteiger partial charge in [-0.3, -0.25) is 4.79 Å². The molecule has 0 bridgehead atoms. The van der Waals surface area contributed by atoms with Gasteiger partial charge in [-0.05, 0) is 29.8 Å². The minimum atomic E-state index is -0.242. The number of amides is 1. The summed E-state index contributed by atoms with van der Waals surface area (Å²) >= 11 is 0. The molecule has 8 heteroatoms. The van der Waals surface area contributed by atoms with Crippen LogP contribution in [0.2, 0.25) is 0 Å². The Morgan fingerprint density at radius 1 is 1.00 bits per heavy atom. The van der Waals surface area contributed by atoms with Crippen LogP contribution in [0.5, 0.6) is 0 Å². The number of nitrogens with zero attached hydrogens (tertiary/aromatic N) is 4. The Morgan fingerprint density at radius 2 is 1.78 bits per heavy atom. The van der Waals surface area contributed by atoms with E-state index in [2.05, 4.69) is 43.8 Å². The van der Waals surface area contributed by atoms with Crippen LogP contribution >= 0.6 is 0 Å². The van der Waals surface area contributed by atoms with Gasteiger partial charge >= 0.3 is 0 Å². The number of aromatic nitrogens is 3. The first-order valence-electron chi connectivity index (χ1n) is 10.6. The summed E-state index contributed by atoms with van der Waals surface area (Å²) in [6.45, 7) is 3.88. The lowest BCUT2D eigenvalue weighted by Gasteiger charge is -2.30. The number of carbonyl (C=O) groups is 1. The molecule has 0 spiro atoms. The Balaban J connectivity index is 1.34. The number of benzene rings is 2. The van der Waals surface area contributed by atoms with Gasteiger partial charge in [-0.15, -0.1) is 0 Å². The number of hydrogen-bond acceptors (Lipinski definition) is 6. The molecule has 0 aliphatic carbocycles. The zero-order chi connectivity index (χ0) is 21.8. The van der Waals surface area contributed by atoms with Crippen LogP contribution in [0.3, 0.4) is 0 Å². The molecule has 0 radical (unpaired) electrons. The summed E-state index contributed by atoms with van der Waals surface area (Å²) in [7, 11) is 0. The van der Waals surface area contributed by atoms with Crippen LogP contribution in [0.1, 0.15) is 15.9 Å². The van der Waals surface area contributed by atoms with Crippen molar-refractivity contribution in [2.24, 2.45) is 0 Å². The molecule has 1 aliphatic heterocycles. The Kier molecular flexibility index (Phi) is 5.67. The highest BCUT2D eigenvalue weighted by Crippen LogP contribution is 2.23. The molecule has 2 aromatic carbocycles. The molecular formula is C24H24N6O2. The monoisotopic (exact) mass is 428 g/mol. The third-order valence-electron chi connectivity index (χ3n) is 5.45. The van der Waals surface area contributed by atoms with Crippen molar-refractivity contribution in [1.82, 2.24) is 14.6 Å². The maximum absolute atomic E-state index is 12.8. The zero-order valence-electron chi connectivity index (χ0n) is 17.6. The Bertz CT molecular complexity index is 1220. The quantitative estimate of drug-likeness (QED) is 0.490. The third-order valence-corrected chi connectivity index (χ3v) is 5.45. The second-order valence-electron chi connectivity index (χ2n) is 7.54. The number of rotatable bonds is 6. The highest BCUT2D eigenvalue weighted by Gasteiger charge is 2.16. The minimum absolute atomic E-state index is 0.242. The van der Waals surface area contributed by atoms with Crippen molar-refractivity contribution < 1.29 is 9.53 Å². The average Bonchev–Trinajstić information content (AvgIpc) is 3.28. The van der Waals surface area contributed by atoms with Crippen LogP contribution in [0.15, 0.2) is 73.1 Å². The molecule has 1 fully saturated rings. The van der Waals surface area contributed by atoms with Gasteiger partial charge in [-0.25, -0.2) is 9.50 Å². The number of morpholine rings is 1. The number of ether oxygens (including phenoxy) is 1. The average molecular weight is 428 g/mol. The van der Waals surface area contributed by atoms with Gasteiger partial charge in [0.1, 0.15) is 11.4 Å². The first-order valence-corrected chi connectivity index (χ1v) is 10.6. The Labute approximate surface area is 185 Å². The van der Waals surface area contributed by atoms with E-state index in [1.807, 2.05) is 42.5 Å². The van der Waals surface area contributed by atoms with Crippen molar-refractivity contribution >= 4 is 28.7 Å². The summed E-state index contributed by atoms with van der Waals surface area (Å²) in [5.41, 5.74) is 4.05. The van der Waals surface area contributed by atoms with Crippen molar-refractivity contribution in [1.29, 1.82) is 0 Å². The smallest absolute Gasteiger partial charge is 0.261 e. The maximum atomic E-state index is 12.8. The molecule has 3 heterocycles. The van der Waals surface area contributed by atoms with Crippen molar-refractivity contribution in [2.45, 2.75) is 6.54 Å². The highest BCUT2D eigenvalue weighted by molar-refractivity contribution is 6.08. The molecule has 4 aromatic rings. The standard InChI is InChI=1S/C24H24N6O2/c31-24(27-19-7-2-1-3-8-19)20-17-26-30-11-10-22(28-23(20)30)25-16-18-6-4-5-9-21(18)29-12-14-32-15-13-29/h1-11,17H,12-16H2,(H,25,28)(H,27,31). The highest BCUT2D eigenvalue weighted by atomic mass is 16.5. The summed E-state index contributed by atoms with van der Waals surface area (Å²) in [5.74, 6) is 0.442. The predicted octanol–water partition coefficient (Wildman–Crippen LogP) is 3.43. The first-order chi connectivity index (χ1) is 15.8. The first kappa shape index (κ1) is 20.0. The molecule has 0 saturated carbocycles. The van der Waals surface area contributed by atoms with Gasteiger partial charge in [0.2, 0.25) is 0 Å². The molecule has 32 heavy (non-hydrogen) atoms. The normalized spacial score (nSPS) is 13.8. The number of fused-ring (bicyclic) bond motifs is 1. The summed E-state index contributed by atoms with van der Waals surface area (Å²) in [5, 5.41) is 10.5. The van der Waals surface area contributed by atoms with Gasteiger partial charge in [0.05, 0.1) is 19.4 Å². The minimum Gasteiger partial charge on any atom is -0.378 e. The number of nitrogens with one attached hydrogen (secondary N) is 2. The van der Waals surface area contributed by atoms with Gasteiger partial charge in [-0.1, -0.05) is 36.4 Å². The molecule has 1 saturated heterocycles. The van der Waals surface area contributed by atoms with Crippen LogP contribution in [-0.2, 0) is 11.3 Å². The molecule has 1 amide bonds. The van der Waals surface area contributed by atoms with E-state index in [-0.39, 0.29) is 5.91 Å². The largest absolute Gasteiger partial charge is 0.378 e. The summed E-state index contributed by atoms with van der Waals surface area (Å²) in [4.78, 5) is 19.8. The lowest BCUT2D eigenvalue weighted by Crippen LogP contribution is -2.36. The molecule has 162 valence electrons. The van der Waals surface area contributed by atoms with Crippen LogP contribution < -0.4 is 15.5 Å². The van der Waals surface area contributed by atoms with Crippen molar-refractivity contribution in [3.05, 3.63) is 84.2 Å². The predicted molar refractivity (Wildman–Crippen MR) is 124 cm³/mol. The van der Waals surface area contributed by atoms with Gasteiger partial charge in [0, 0.05) is 37.2 Å². The SMILES string of the molecule is O=C(Nc1ccccc1)c1cnn2ccc(NCc3ccccc3N3CCOCC3)nc12. The van der Waals surface area contributed by atoms with Crippen molar-refractivity contribution in [3.8, 4) is 0 Å². The summed E-state index contributed by atoms with van der Waals surface area (Å²) in [6.07, 6.45) is 3.34. The number of para-hydroxylation sites is 2. The van der Waals surface area contributed by atoms with Gasteiger partial charge < -0.3 is 20.3 Å². The van der Waals surface area contributed by atoms with E-state index in [1.165, 1.54) is 17.4 Å². The zero-order valence-corrected chi connectivity index (χ0v) is 17.6. The van der Waals surface area contributed by atoms with Crippen LogP contribution in [0.4, 0.5) is 17.2 Å². The number of anilines is 3. The number of hydrogen-bond donors (Lipinski definition) is 2. The van der Waals surface area contributed by atoms with Crippen LogP contribution in [-0.4, -0.2) is 46.8 Å². The Hall–Kier alpha value is -3.91. The van der Waals surface area contributed by atoms with E-state index >= 15 is 0 Å². The molecular weight excluding hydrogens is 404 g/mol. The molecule has 2 N–H and O–H groups in total. The van der Waals surface area contributed by atoms with E-state index in [0.29, 0.717) is 23.6 Å².